The van der Waals surface area contributed by atoms with Crippen LogP contribution in [0.15, 0.2) is 57.4 Å². The summed E-state index contributed by atoms with van der Waals surface area (Å²) in [6, 6.07) is 15.2. The van der Waals surface area contributed by atoms with Crippen LogP contribution in [0, 0.1) is 6.92 Å². The maximum absolute atomic E-state index is 12.1. The quantitative estimate of drug-likeness (QED) is 0.677. The highest BCUT2D eigenvalue weighted by molar-refractivity contribution is 9.10. The van der Waals surface area contributed by atoms with Gasteiger partial charge in [0.05, 0.1) is 11.0 Å². The van der Waals surface area contributed by atoms with Gasteiger partial charge in [-0.3, -0.25) is 4.79 Å². The molecular formula is C18H16BrNO3. The number of fused-ring (bicyclic) bond motifs is 1. The molecule has 118 valence electrons. The Balaban J connectivity index is 1.56. The number of furan rings is 1. The molecule has 0 spiro atoms. The van der Waals surface area contributed by atoms with Crippen LogP contribution in [0.3, 0.4) is 0 Å². The van der Waals surface area contributed by atoms with Gasteiger partial charge in [-0.25, -0.2) is 0 Å². The molecule has 0 radical (unpaired) electrons. The number of carbonyl (C=O) groups excluding carboxylic acids is 1. The van der Waals surface area contributed by atoms with Crippen LogP contribution in [-0.2, 0) is 0 Å². The number of ether oxygens (including phenoxy) is 1. The van der Waals surface area contributed by atoms with E-state index in [1.54, 1.807) is 6.07 Å². The van der Waals surface area contributed by atoms with E-state index in [4.69, 9.17) is 9.15 Å². The van der Waals surface area contributed by atoms with Gasteiger partial charge in [-0.2, -0.15) is 0 Å². The SMILES string of the molecule is Cc1ccccc1OCCNC(=O)c1cc2cccc(Br)c2o1. The van der Waals surface area contributed by atoms with Gasteiger partial charge >= 0.3 is 0 Å². The maximum atomic E-state index is 12.1. The number of hydrogen-bond donors (Lipinski definition) is 1. The zero-order valence-corrected chi connectivity index (χ0v) is 14.2. The van der Waals surface area contributed by atoms with Crippen LogP contribution >= 0.6 is 15.9 Å². The first-order valence-corrected chi connectivity index (χ1v) is 8.09. The fraction of sp³-hybridized carbons (Fsp3) is 0.167. The molecule has 3 aromatic rings. The van der Waals surface area contributed by atoms with E-state index >= 15 is 0 Å². The topological polar surface area (TPSA) is 51.5 Å². The summed E-state index contributed by atoms with van der Waals surface area (Å²) in [5.41, 5.74) is 1.75. The fourth-order valence-corrected chi connectivity index (χ4v) is 2.73. The number of nitrogens with one attached hydrogen (secondary N) is 1. The summed E-state index contributed by atoms with van der Waals surface area (Å²) in [6.45, 7) is 2.80. The summed E-state index contributed by atoms with van der Waals surface area (Å²) in [4.78, 5) is 12.1. The van der Waals surface area contributed by atoms with E-state index < -0.39 is 0 Å². The third-order valence-corrected chi connectivity index (χ3v) is 4.08. The first kappa shape index (κ1) is 15.6. The fourth-order valence-electron chi connectivity index (χ4n) is 2.27. The van der Waals surface area contributed by atoms with Crippen LogP contribution < -0.4 is 10.1 Å². The van der Waals surface area contributed by atoms with Crippen LogP contribution in [0.5, 0.6) is 5.75 Å². The smallest absolute Gasteiger partial charge is 0.287 e. The molecule has 0 saturated heterocycles. The molecule has 3 rings (SSSR count). The van der Waals surface area contributed by atoms with Gasteiger partial charge in [0.25, 0.3) is 5.91 Å². The minimum atomic E-state index is -0.249. The average molecular weight is 374 g/mol. The summed E-state index contributed by atoms with van der Waals surface area (Å²) in [7, 11) is 0. The molecule has 0 aliphatic heterocycles. The van der Waals surface area contributed by atoms with E-state index in [9.17, 15) is 4.79 Å². The van der Waals surface area contributed by atoms with Gasteiger partial charge in [0.1, 0.15) is 17.9 Å². The molecule has 2 aromatic carbocycles. The Morgan fingerprint density at radius 3 is 2.83 bits per heavy atom. The molecule has 1 N–H and O–H groups in total. The van der Waals surface area contributed by atoms with Crippen molar-refractivity contribution in [1.82, 2.24) is 5.32 Å². The zero-order chi connectivity index (χ0) is 16.2. The van der Waals surface area contributed by atoms with Crippen molar-refractivity contribution >= 4 is 32.8 Å². The molecular weight excluding hydrogens is 358 g/mol. The molecule has 1 heterocycles. The van der Waals surface area contributed by atoms with Crippen LogP contribution in [-0.4, -0.2) is 19.1 Å². The predicted molar refractivity (Wildman–Crippen MR) is 92.9 cm³/mol. The third kappa shape index (κ3) is 3.56. The first-order valence-electron chi connectivity index (χ1n) is 7.30. The van der Waals surface area contributed by atoms with Gasteiger partial charge in [-0.1, -0.05) is 30.3 Å². The summed E-state index contributed by atoms with van der Waals surface area (Å²) in [5.74, 6) is 0.874. The number of benzene rings is 2. The van der Waals surface area contributed by atoms with E-state index in [2.05, 4.69) is 21.2 Å². The van der Waals surface area contributed by atoms with Crippen molar-refractivity contribution in [3.8, 4) is 5.75 Å². The van der Waals surface area contributed by atoms with Gasteiger partial charge in [-0.05, 0) is 46.6 Å². The molecule has 0 unspecified atom stereocenters. The van der Waals surface area contributed by atoms with Crippen molar-refractivity contribution in [2.45, 2.75) is 6.92 Å². The zero-order valence-electron chi connectivity index (χ0n) is 12.6. The van der Waals surface area contributed by atoms with Gasteiger partial charge in [0.2, 0.25) is 0 Å². The number of para-hydroxylation sites is 2. The highest BCUT2D eigenvalue weighted by Gasteiger charge is 2.13. The largest absolute Gasteiger partial charge is 0.491 e. The summed E-state index contributed by atoms with van der Waals surface area (Å²) in [5, 5.41) is 3.69. The second kappa shape index (κ2) is 6.87. The van der Waals surface area contributed by atoms with Crippen molar-refractivity contribution < 1.29 is 13.9 Å². The monoisotopic (exact) mass is 373 g/mol. The third-order valence-electron chi connectivity index (χ3n) is 3.46. The van der Waals surface area contributed by atoms with Crippen molar-refractivity contribution in [3.05, 3.63) is 64.3 Å². The number of amides is 1. The molecule has 0 atom stereocenters. The minimum Gasteiger partial charge on any atom is -0.491 e. The Labute approximate surface area is 142 Å². The molecule has 0 aliphatic carbocycles. The van der Waals surface area contributed by atoms with Gasteiger partial charge in [-0.15, -0.1) is 0 Å². The van der Waals surface area contributed by atoms with Crippen molar-refractivity contribution in [2.24, 2.45) is 0 Å². The molecule has 1 amide bonds. The van der Waals surface area contributed by atoms with Gasteiger partial charge < -0.3 is 14.5 Å². The second-order valence-corrected chi connectivity index (χ2v) is 5.99. The second-order valence-electron chi connectivity index (χ2n) is 5.14. The number of rotatable bonds is 5. The molecule has 0 fully saturated rings. The maximum Gasteiger partial charge on any atom is 0.287 e. The standard InChI is InChI=1S/C18H16BrNO3/c1-12-5-2-3-8-15(12)22-10-9-20-18(21)16-11-13-6-4-7-14(19)17(13)23-16/h2-8,11H,9-10H2,1H3,(H,20,21). The first-order chi connectivity index (χ1) is 11.1. The normalized spacial score (nSPS) is 10.7. The molecule has 1 aromatic heterocycles. The number of aryl methyl sites for hydroxylation is 1. The molecule has 0 aliphatic rings. The lowest BCUT2D eigenvalue weighted by Crippen LogP contribution is -2.27. The Hall–Kier alpha value is -2.27. The van der Waals surface area contributed by atoms with Gasteiger partial charge in [0, 0.05) is 5.39 Å². The number of hydrogen-bond acceptors (Lipinski definition) is 3. The Morgan fingerprint density at radius 1 is 1.22 bits per heavy atom. The lowest BCUT2D eigenvalue weighted by Gasteiger charge is -2.09. The lowest BCUT2D eigenvalue weighted by atomic mass is 10.2. The van der Waals surface area contributed by atoms with Gasteiger partial charge in [0.15, 0.2) is 5.76 Å². The molecule has 4 nitrogen and oxygen atoms in total. The summed E-state index contributed by atoms with van der Waals surface area (Å²) >= 11 is 3.41. The number of halogens is 1. The van der Waals surface area contributed by atoms with E-state index in [-0.39, 0.29) is 5.91 Å². The summed E-state index contributed by atoms with van der Waals surface area (Å²) in [6.07, 6.45) is 0. The highest BCUT2D eigenvalue weighted by Crippen LogP contribution is 2.26. The van der Waals surface area contributed by atoms with Crippen LogP contribution in [0.2, 0.25) is 0 Å². The van der Waals surface area contributed by atoms with Crippen LogP contribution in [0.4, 0.5) is 0 Å². The van der Waals surface area contributed by atoms with E-state index in [1.165, 1.54) is 0 Å². The summed E-state index contributed by atoms with van der Waals surface area (Å²) < 4.78 is 12.1. The van der Waals surface area contributed by atoms with E-state index in [0.29, 0.717) is 24.5 Å². The molecule has 5 heteroatoms. The lowest BCUT2D eigenvalue weighted by molar-refractivity contribution is 0.0921. The number of carbonyl (C=O) groups is 1. The molecule has 0 bridgehead atoms. The van der Waals surface area contributed by atoms with Crippen LogP contribution in [0.1, 0.15) is 16.1 Å². The van der Waals surface area contributed by atoms with E-state index in [1.807, 2.05) is 49.4 Å². The Morgan fingerprint density at radius 2 is 2.04 bits per heavy atom. The minimum absolute atomic E-state index is 0.249. The molecule has 23 heavy (non-hydrogen) atoms. The Bertz CT molecular complexity index is 841. The van der Waals surface area contributed by atoms with Crippen molar-refractivity contribution in [2.75, 3.05) is 13.2 Å². The van der Waals surface area contributed by atoms with E-state index in [0.717, 1.165) is 21.2 Å². The highest BCUT2D eigenvalue weighted by atomic mass is 79.9. The Kier molecular flexibility index (Phi) is 4.67. The molecule has 0 saturated carbocycles. The van der Waals surface area contributed by atoms with Crippen LogP contribution in [0.25, 0.3) is 11.0 Å². The van der Waals surface area contributed by atoms with Crippen molar-refractivity contribution in [3.63, 3.8) is 0 Å². The van der Waals surface area contributed by atoms with Crippen molar-refractivity contribution in [1.29, 1.82) is 0 Å². The average Bonchev–Trinajstić information content (AvgIpc) is 2.99. The predicted octanol–water partition coefficient (Wildman–Crippen LogP) is 4.31.